The van der Waals surface area contributed by atoms with E-state index in [-0.39, 0.29) is 0 Å². The quantitative estimate of drug-likeness (QED) is 0.820. The van der Waals surface area contributed by atoms with Gasteiger partial charge in [-0.2, -0.15) is 0 Å². The minimum absolute atomic E-state index is 0.584. The average Bonchev–Trinajstić information content (AvgIpc) is 2.98. The molecule has 1 saturated carbocycles. The molecule has 3 rings (SSSR count). The second-order valence-corrected chi connectivity index (χ2v) is 5.01. The maximum atomic E-state index is 5.84. The van der Waals surface area contributed by atoms with E-state index >= 15 is 0 Å². The van der Waals surface area contributed by atoms with E-state index in [1.165, 1.54) is 18.4 Å². The van der Waals surface area contributed by atoms with Crippen LogP contribution >= 0.6 is 15.9 Å². The van der Waals surface area contributed by atoms with Gasteiger partial charge in [-0.3, -0.25) is 0 Å². The second kappa shape index (κ2) is 3.34. The summed E-state index contributed by atoms with van der Waals surface area (Å²) in [4.78, 5) is 4.55. The summed E-state index contributed by atoms with van der Waals surface area (Å²) in [5, 5.41) is 0. The van der Waals surface area contributed by atoms with Gasteiger partial charge in [-0.05, 0) is 37.0 Å². The van der Waals surface area contributed by atoms with Gasteiger partial charge in [-0.15, -0.1) is 0 Å². The molecule has 0 amide bonds. The van der Waals surface area contributed by atoms with Crippen LogP contribution in [0.2, 0.25) is 0 Å². The van der Waals surface area contributed by atoms with Crippen molar-refractivity contribution in [2.75, 3.05) is 0 Å². The zero-order valence-electron chi connectivity index (χ0n) is 8.59. The summed E-state index contributed by atoms with van der Waals surface area (Å²) in [6.07, 6.45) is 3.44. The van der Waals surface area contributed by atoms with Crippen LogP contribution in [0.15, 0.2) is 21.0 Å². The van der Waals surface area contributed by atoms with Crippen LogP contribution in [0, 0.1) is 0 Å². The van der Waals surface area contributed by atoms with Crippen molar-refractivity contribution in [1.29, 1.82) is 0 Å². The molecule has 2 aromatic rings. The lowest BCUT2D eigenvalue weighted by Crippen LogP contribution is -1.81. The second-order valence-electron chi connectivity index (χ2n) is 4.09. The lowest BCUT2D eigenvalue weighted by molar-refractivity contribution is 0.530. The zero-order chi connectivity index (χ0) is 10.4. The van der Waals surface area contributed by atoms with Gasteiger partial charge in [-0.25, -0.2) is 4.98 Å². The number of fused-ring (bicyclic) bond motifs is 1. The number of hydrogen-bond donors (Lipinski definition) is 0. The van der Waals surface area contributed by atoms with E-state index in [0.717, 1.165) is 27.9 Å². The molecule has 0 spiro atoms. The molecule has 0 atom stereocenters. The van der Waals surface area contributed by atoms with Crippen molar-refractivity contribution in [2.24, 2.45) is 0 Å². The van der Waals surface area contributed by atoms with Gasteiger partial charge >= 0.3 is 0 Å². The third-order valence-electron chi connectivity index (χ3n) is 2.86. The predicted octanol–water partition coefficient (Wildman–Crippen LogP) is 4.03. The van der Waals surface area contributed by atoms with Crippen molar-refractivity contribution >= 4 is 27.0 Å². The van der Waals surface area contributed by atoms with Crippen molar-refractivity contribution in [3.8, 4) is 0 Å². The fourth-order valence-corrected chi connectivity index (χ4v) is 2.34. The van der Waals surface area contributed by atoms with E-state index in [9.17, 15) is 0 Å². The average molecular weight is 266 g/mol. The highest BCUT2D eigenvalue weighted by Crippen LogP contribution is 2.41. The van der Waals surface area contributed by atoms with Gasteiger partial charge < -0.3 is 4.42 Å². The topological polar surface area (TPSA) is 26.0 Å². The van der Waals surface area contributed by atoms with E-state index in [2.05, 4.69) is 33.9 Å². The summed E-state index contributed by atoms with van der Waals surface area (Å²) in [5.41, 5.74) is 3.20. The predicted molar refractivity (Wildman–Crippen MR) is 63.1 cm³/mol. The minimum Gasteiger partial charge on any atom is -0.440 e. The molecule has 0 radical (unpaired) electrons. The van der Waals surface area contributed by atoms with Gasteiger partial charge in [0.25, 0.3) is 0 Å². The van der Waals surface area contributed by atoms with Gasteiger partial charge in [0, 0.05) is 10.4 Å². The van der Waals surface area contributed by atoms with E-state index in [0.29, 0.717) is 5.92 Å². The molecule has 1 aromatic heterocycles. The largest absolute Gasteiger partial charge is 0.440 e. The van der Waals surface area contributed by atoms with Gasteiger partial charge in [0.1, 0.15) is 5.52 Å². The summed E-state index contributed by atoms with van der Waals surface area (Å²) in [6, 6.07) is 4.15. The van der Waals surface area contributed by atoms with Gasteiger partial charge in [0.05, 0.1) is 0 Å². The molecular weight excluding hydrogens is 254 g/mol. The number of aromatic nitrogens is 1. The molecule has 1 aliphatic rings. The number of nitrogens with zero attached hydrogens (tertiary/aromatic N) is 1. The molecule has 1 heterocycles. The Bertz CT molecular complexity index is 514. The van der Waals surface area contributed by atoms with Crippen LogP contribution in [0.5, 0.6) is 0 Å². The molecule has 0 unspecified atom stereocenters. The molecule has 15 heavy (non-hydrogen) atoms. The van der Waals surface area contributed by atoms with E-state index in [1.54, 1.807) is 0 Å². The number of benzene rings is 1. The van der Waals surface area contributed by atoms with Crippen LogP contribution in [0.3, 0.4) is 0 Å². The van der Waals surface area contributed by atoms with Crippen LogP contribution in [0.25, 0.3) is 11.1 Å². The van der Waals surface area contributed by atoms with Crippen LogP contribution in [-0.2, 0) is 6.42 Å². The Kier molecular flexibility index (Phi) is 2.09. The SMILES string of the molecule is CCc1cc(Br)cc2nc(C3CC3)oc12. The number of aryl methyl sites for hydroxylation is 1. The van der Waals surface area contributed by atoms with Crippen LogP contribution in [-0.4, -0.2) is 4.98 Å². The van der Waals surface area contributed by atoms with Crippen molar-refractivity contribution in [3.63, 3.8) is 0 Å². The molecule has 0 saturated heterocycles. The molecule has 1 aliphatic carbocycles. The first kappa shape index (κ1) is 9.40. The number of oxazole rings is 1. The summed E-state index contributed by atoms with van der Waals surface area (Å²) < 4.78 is 6.92. The fourth-order valence-electron chi connectivity index (χ4n) is 1.85. The van der Waals surface area contributed by atoms with Gasteiger partial charge in [-0.1, -0.05) is 22.9 Å². The molecular formula is C12H12BrNO. The van der Waals surface area contributed by atoms with Crippen molar-refractivity contribution in [3.05, 3.63) is 28.1 Å². The van der Waals surface area contributed by atoms with Crippen molar-refractivity contribution in [1.82, 2.24) is 4.98 Å². The maximum absolute atomic E-state index is 5.84. The smallest absolute Gasteiger partial charge is 0.198 e. The van der Waals surface area contributed by atoms with Gasteiger partial charge in [0.2, 0.25) is 0 Å². The lowest BCUT2D eigenvalue weighted by Gasteiger charge is -1.97. The molecule has 78 valence electrons. The Balaban J connectivity index is 2.23. The maximum Gasteiger partial charge on any atom is 0.198 e. The first-order valence-corrected chi connectivity index (χ1v) is 6.16. The van der Waals surface area contributed by atoms with Gasteiger partial charge in [0.15, 0.2) is 11.5 Å². The third kappa shape index (κ3) is 1.59. The Morgan fingerprint density at radius 2 is 2.27 bits per heavy atom. The Morgan fingerprint density at radius 3 is 2.93 bits per heavy atom. The van der Waals surface area contributed by atoms with E-state index < -0.39 is 0 Å². The van der Waals surface area contributed by atoms with E-state index in [1.807, 2.05) is 6.07 Å². The highest BCUT2D eigenvalue weighted by atomic mass is 79.9. The summed E-state index contributed by atoms with van der Waals surface area (Å²) in [5.74, 6) is 1.51. The Labute approximate surface area is 96.8 Å². The monoisotopic (exact) mass is 265 g/mol. The Hall–Kier alpha value is -0.830. The number of halogens is 1. The molecule has 1 fully saturated rings. The molecule has 1 aromatic carbocycles. The molecule has 3 heteroatoms. The van der Waals surface area contributed by atoms with E-state index in [4.69, 9.17) is 4.42 Å². The standard InChI is InChI=1S/C12H12BrNO/c1-2-7-5-9(13)6-10-11(7)15-12(14-10)8-3-4-8/h5-6,8H,2-4H2,1H3. The summed E-state index contributed by atoms with van der Waals surface area (Å²) >= 11 is 3.50. The molecule has 0 N–H and O–H groups in total. The third-order valence-corrected chi connectivity index (χ3v) is 3.31. The highest BCUT2D eigenvalue weighted by Gasteiger charge is 2.29. The number of rotatable bonds is 2. The number of hydrogen-bond acceptors (Lipinski definition) is 2. The molecule has 2 nitrogen and oxygen atoms in total. The van der Waals surface area contributed by atoms with Crippen LogP contribution in [0.4, 0.5) is 0 Å². The minimum atomic E-state index is 0.584. The fraction of sp³-hybridized carbons (Fsp3) is 0.417. The zero-order valence-corrected chi connectivity index (χ0v) is 10.2. The van der Waals surface area contributed by atoms with Crippen molar-refractivity contribution in [2.45, 2.75) is 32.1 Å². The summed E-state index contributed by atoms with van der Waals surface area (Å²) in [6.45, 7) is 2.14. The molecule has 0 bridgehead atoms. The lowest BCUT2D eigenvalue weighted by atomic mass is 10.1. The summed E-state index contributed by atoms with van der Waals surface area (Å²) in [7, 11) is 0. The Morgan fingerprint density at radius 1 is 1.47 bits per heavy atom. The van der Waals surface area contributed by atoms with Crippen molar-refractivity contribution < 1.29 is 4.42 Å². The van der Waals surface area contributed by atoms with Crippen LogP contribution < -0.4 is 0 Å². The normalized spacial score (nSPS) is 16.1. The molecule has 0 aliphatic heterocycles. The van der Waals surface area contributed by atoms with Crippen LogP contribution in [0.1, 0.15) is 37.1 Å². The highest BCUT2D eigenvalue weighted by molar-refractivity contribution is 9.10. The first-order chi connectivity index (χ1) is 7.28. The first-order valence-electron chi connectivity index (χ1n) is 5.36.